The third kappa shape index (κ3) is 3.44. The first-order valence-electron chi connectivity index (χ1n) is 7.26. The number of H-pyrrole nitrogens is 1. The van der Waals surface area contributed by atoms with Crippen LogP contribution in [0.25, 0.3) is 0 Å². The van der Waals surface area contributed by atoms with E-state index in [1.165, 1.54) is 21.1 Å². The van der Waals surface area contributed by atoms with Gasteiger partial charge in [0.05, 0.1) is 0 Å². The van der Waals surface area contributed by atoms with Crippen LogP contribution in [-0.2, 0) is 11.8 Å². The number of hydrogen-bond donors (Lipinski definition) is 6. The molecule has 2 aromatic rings. The molecule has 1 unspecified atom stereocenters. The lowest BCUT2D eigenvalue weighted by Gasteiger charge is -2.39. The van der Waals surface area contributed by atoms with Crippen LogP contribution in [0.5, 0.6) is 5.75 Å². The molecule has 6 N–H and O–H groups in total. The molecule has 10 nitrogen and oxygen atoms in total. The molecule has 0 aliphatic carbocycles. The van der Waals surface area contributed by atoms with Gasteiger partial charge < -0.3 is 30.3 Å². The zero-order valence-electron chi connectivity index (χ0n) is 13.9. The van der Waals surface area contributed by atoms with Gasteiger partial charge in [-0.15, -0.1) is 0 Å². The molecule has 0 saturated heterocycles. The Kier molecular flexibility index (Phi) is 5.04. The first-order valence-corrected chi connectivity index (χ1v) is 7.26. The Hall–Kier alpha value is -2.21. The summed E-state index contributed by atoms with van der Waals surface area (Å²) in [5, 5.41) is 52.4. The van der Waals surface area contributed by atoms with E-state index >= 15 is 0 Å². The van der Waals surface area contributed by atoms with Gasteiger partial charge in [-0.05, 0) is 19.7 Å². The summed E-state index contributed by atoms with van der Waals surface area (Å²) in [5.41, 5.74) is -0.608. The Morgan fingerprint density at radius 1 is 1.16 bits per heavy atom. The molecule has 0 bridgehead atoms. The molecule has 0 spiro atoms. The van der Waals surface area contributed by atoms with Crippen LogP contribution >= 0.6 is 0 Å². The summed E-state index contributed by atoms with van der Waals surface area (Å²) in [6.45, 7) is 0. The van der Waals surface area contributed by atoms with Gasteiger partial charge in [-0.1, -0.05) is 30.3 Å². The molecule has 0 fully saturated rings. The molecule has 1 aromatic carbocycles. The van der Waals surface area contributed by atoms with E-state index in [1.807, 2.05) is 0 Å². The minimum atomic E-state index is -3.46. The number of hydrogen-bond acceptors (Lipinski definition) is 8. The highest BCUT2D eigenvalue weighted by Crippen LogP contribution is 2.35. The Morgan fingerprint density at radius 3 is 2.16 bits per heavy atom. The van der Waals surface area contributed by atoms with Crippen molar-refractivity contribution in [3.8, 4) is 5.75 Å². The van der Waals surface area contributed by atoms with Gasteiger partial charge in [-0.25, -0.2) is 0 Å². The quantitative estimate of drug-likeness (QED) is 0.338. The number of aromatic nitrogens is 2. The zero-order valence-corrected chi connectivity index (χ0v) is 13.9. The van der Waals surface area contributed by atoms with Crippen molar-refractivity contribution in [2.24, 2.45) is 7.05 Å². The second-order valence-corrected chi connectivity index (χ2v) is 5.78. The van der Waals surface area contributed by atoms with Gasteiger partial charge >= 0.3 is 17.4 Å². The SMILES string of the molecule is CN(C)C(O)(O)C(O)(O)OC(c1ccccc1)c1c(O)c(=O)[nH]n1C. The van der Waals surface area contributed by atoms with E-state index < -0.39 is 29.3 Å². The van der Waals surface area contributed by atoms with Crippen LogP contribution in [0, 0.1) is 0 Å². The lowest BCUT2D eigenvalue weighted by molar-refractivity contribution is -0.498. The molecular weight excluding hydrogens is 334 g/mol. The second-order valence-electron chi connectivity index (χ2n) is 5.78. The number of benzene rings is 1. The number of aryl methyl sites for hydroxylation is 1. The Bertz CT molecular complexity index is 780. The van der Waals surface area contributed by atoms with Crippen molar-refractivity contribution >= 4 is 0 Å². The topological polar surface area (TPSA) is 151 Å². The molecular formula is C15H21N3O7. The monoisotopic (exact) mass is 355 g/mol. The lowest BCUT2D eigenvalue weighted by atomic mass is 10.1. The summed E-state index contributed by atoms with van der Waals surface area (Å²) in [6, 6.07) is 8.04. The van der Waals surface area contributed by atoms with E-state index in [0.29, 0.717) is 10.5 Å². The Morgan fingerprint density at radius 2 is 1.72 bits per heavy atom. The third-order valence-electron chi connectivity index (χ3n) is 3.78. The Balaban J connectivity index is 2.56. The second kappa shape index (κ2) is 6.59. The maximum Gasteiger partial charge on any atom is 0.352 e. The van der Waals surface area contributed by atoms with Crippen molar-refractivity contribution in [1.82, 2.24) is 14.7 Å². The van der Waals surface area contributed by atoms with Crippen molar-refractivity contribution < 1.29 is 30.3 Å². The van der Waals surface area contributed by atoms with Gasteiger partial charge in [0.1, 0.15) is 11.8 Å². The summed E-state index contributed by atoms with van der Waals surface area (Å²) in [4.78, 5) is 12.4. The fraction of sp³-hybridized carbons (Fsp3) is 0.400. The molecule has 0 amide bonds. The van der Waals surface area contributed by atoms with Crippen LogP contribution in [0.1, 0.15) is 17.4 Å². The number of nitrogens with one attached hydrogen (secondary N) is 1. The van der Waals surface area contributed by atoms with E-state index in [-0.39, 0.29) is 5.69 Å². The maximum absolute atomic E-state index is 11.7. The number of likely N-dealkylation sites (N-methyl/N-ethyl adjacent to an activating group) is 1. The van der Waals surface area contributed by atoms with Crippen LogP contribution in [0.2, 0.25) is 0 Å². The number of aliphatic hydroxyl groups is 4. The number of aromatic amines is 1. The van der Waals surface area contributed by atoms with E-state index in [9.17, 15) is 30.3 Å². The average molecular weight is 355 g/mol. The van der Waals surface area contributed by atoms with E-state index in [1.54, 1.807) is 30.3 Å². The predicted molar refractivity (Wildman–Crippen MR) is 85.1 cm³/mol. The maximum atomic E-state index is 11.7. The normalized spacial score (nSPS) is 14.1. The van der Waals surface area contributed by atoms with E-state index in [4.69, 9.17) is 4.74 Å². The highest BCUT2D eigenvalue weighted by atomic mass is 16.8. The zero-order chi connectivity index (χ0) is 19.0. The fourth-order valence-corrected chi connectivity index (χ4v) is 2.28. The van der Waals surface area contributed by atoms with Gasteiger partial charge in [0.15, 0.2) is 0 Å². The largest absolute Gasteiger partial charge is 0.502 e. The van der Waals surface area contributed by atoms with Gasteiger partial charge in [0.25, 0.3) is 0 Å². The number of aromatic hydroxyl groups is 1. The van der Waals surface area contributed by atoms with Crippen LogP contribution in [0.3, 0.4) is 0 Å². The van der Waals surface area contributed by atoms with E-state index in [2.05, 4.69) is 5.10 Å². The van der Waals surface area contributed by atoms with E-state index in [0.717, 1.165) is 4.68 Å². The molecule has 0 radical (unpaired) electrons. The summed E-state index contributed by atoms with van der Waals surface area (Å²) < 4.78 is 6.28. The minimum absolute atomic E-state index is 0.127. The number of nitrogens with zero attached hydrogens (tertiary/aromatic N) is 2. The van der Waals surface area contributed by atoms with Crippen molar-refractivity contribution in [3.05, 3.63) is 51.9 Å². The first-order chi connectivity index (χ1) is 11.5. The van der Waals surface area contributed by atoms with Crippen molar-refractivity contribution in [3.63, 3.8) is 0 Å². The van der Waals surface area contributed by atoms with Crippen LogP contribution < -0.4 is 5.56 Å². The van der Waals surface area contributed by atoms with Gasteiger partial charge in [0.2, 0.25) is 5.75 Å². The Labute approximate surface area is 142 Å². The summed E-state index contributed by atoms with van der Waals surface area (Å²) in [5.74, 6) is -7.33. The van der Waals surface area contributed by atoms with Gasteiger partial charge in [0, 0.05) is 7.05 Å². The first kappa shape index (κ1) is 19.1. The summed E-state index contributed by atoms with van der Waals surface area (Å²) in [6.07, 6.45) is -1.40. The van der Waals surface area contributed by atoms with Crippen molar-refractivity contribution in [2.75, 3.05) is 14.1 Å². The molecule has 0 aliphatic heterocycles. The third-order valence-corrected chi connectivity index (χ3v) is 3.78. The fourth-order valence-electron chi connectivity index (χ4n) is 2.28. The van der Waals surface area contributed by atoms with Crippen LogP contribution in [0.4, 0.5) is 0 Å². The molecule has 10 heteroatoms. The number of ether oxygens (including phenoxy) is 1. The molecule has 0 aliphatic rings. The van der Waals surface area contributed by atoms with Crippen molar-refractivity contribution in [2.45, 2.75) is 18.0 Å². The van der Waals surface area contributed by atoms with Crippen molar-refractivity contribution in [1.29, 1.82) is 0 Å². The van der Waals surface area contributed by atoms with Gasteiger partial charge in [-0.3, -0.25) is 19.5 Å². The molecule has 1 aromatic heterocycles. The molecule has 25 heavy (non-hydrogen) atoms. The predicted octanol–water partition coefficient (Wildman–Crippen LogP) is -1.64. The van der Waals surface area contributed by atoms with Crippen LogP contribution in [0.15, 0.2) is 35.1 Å². The summed E-state index contributed by atoms with van der Waals surface area (Å²) in [7, 11) is 3.78. The lowest BCUT2D eigenvalue weighted by Crippen LogP contribution is -2.64. The number of rotatable bonds is 6. The highest BCUT2D eigenvalue weighted by molar-refractivity contribution is 5.34. The molecule has 2 rings (SSSR count). The van der Waals surface area contributed by atoms with Gasteiger partial charge in [-0.2, -0.15) is 0 Å². The average Bonchev–Trinajstić information content (AvgIpc) is 2.78. The van der Waals surface area contributed by atoms with Crippen LogP contribution in [-0.4, -0.2) is 66.2 Å². The standard InChI is InChI=1S/C15H21N3O7/c1-17(2)14(21,22)15(23,24)25-12(9-7-5-4-6-8-9)10-11(19)13(20)16-18(10)3/h4-8,12,19,21-24H,1-3H3,(H,16,20). The molecule has 138 valence electrons. The smallest absolute Gasteiger partial charge is 0.352 e. The highest BCUT2D eigenvalue weighted by Gasteiger charge is 2.53. The molecule has 0 saturated carbocycles. The summed E-state index contributed by atoms with van der Waals surface area (Å²) >= 11 is 0. The minimum Gasteiger partial charge on any atom is -0.502 e. The molecule has 1 heterocycles. The molecule has 1 atom stereocenters.